The number of amides is 2. The molecule has 0 saturated carbocycles. The molecule has 2 amide bonds. The zero-order valence-corrected chi connectivity index (χ0v) is 18.4. The number of nitrogens with one attached hydrogen (secondary N) is 1. The van der Waals surface area contributed by atoms with Crippen molar-refractivity contribution in [3.63, 3.8) is 0 Å². The molecule has 6 nitrogen and oxygen atoms in total. The van der Waals surface area contributed by atoms with Gasteiger partial charge in [-0.05, 0) is 24.0 Å². The van der Waals surface area contributed by atoms with Crippen LogP contribution in [0.2, 0.25) is 0 Å². The summed E-state index contributed by atoms with van der Waals surface area (Å²) in [5.41, 5.74) is 1.90. The molecule has 2 atom stereocenters. The van der Waals surface area contributed by atoms with Crippen LogP contribution in [0.4, 0.5) is 4.79 Å². The lowest BCUT2D eigenvalue weighted by molar-refractivity contribution is -0.126. The fraction of sp³-hybridized carbons (Fsp3) is 0.308. The zero-order chi connectivity index (χ0) is 23.2. The molecule has 2 aromatic rings. The molecule has 0 fully saturated rings. The Kier molecular flexibility index (Phi) is 10.8. The second-order valence-corrected chi connectivity index (χ2v) is 7.53. The predicted octanol–water partition coefficient (Wildman–Crippen LogP) is 3.72. The van der Waals surface area contributed by atoms with Gasteiger partial charge >= 0.3 is 6.09 Å². The molecule has 0 aliphatic rings. The van der Waals surface area contributed by atoms with E-state index < -0.39 is 18.1 Å². The third-order valence-corrected chi connectivity index (χ3v) is 4.97. The van der Waals surface area contributed by atoms with Gasteiger partial charge in [-0.25, -0.2) is 4.79 Å². The molecule has 0 spiro atoms. The van der Waals surface area contributed by atoms with Crippen LogP contribution in [-0.4, -0.2) is 47.7 Å². The van der Waals surface area contributed by atoms with Crippen molar-refractivity contribution in [2.45, 2.75) is 25.5 Å². The molecule has 0 aliphatic heterocycles. The number of allylic oxidation sites excluding steroid dienone is 1. The van der Waals surface area contributed by atoms with Gasteiger partial charge in [0.15, 0.2) is 0 Å². The number of rotatable bonds is 13. The predicted molar refractivity (Wildman–Crippen MR) is 126 cm³/mol. The molecule has 0 aliphatic carbocycles. The van der Waals surface area contributed by atoms with Crippen molar-refractivity contribution in [1.82, 2.24) is 10.2 Å². The van der Waals surface area contributed by atoms with Crippen LogP contribution in [0.1, 0.15) is 17.5 Å². The fourth-order valence-electron chi connectivity index (χ4n) is 3.30. The fourth-order valence-corrected chi connectivity index (χ4v) is 3.30. The quantitative estimate of drug-likeness (QED) is 0.469. The Balaban J connectivity index is 2.00. The molecule has 2 rings (SSSR count). The topological polar surface area (TPSA) is 78.9 Å². The Morgan fingerprint density at radius 1 is 1.00 bits per heavy atom. The molecule has 2 aromatic carbocycles. The molecular weight excluding hydrogens is 404 g/mol. The van der Waals surface area contributed by atoms with Crippen molar-refractivity contribution in [1.29, 1.82) is 0 Å². The molecule has 0 unspecified atom stereocenters. The first-order chi connectivity index (χ1) is 15.6. The molecule has 6 heteroatoms. The highest BCUT2D eigenvalue weighted by Crippen LogP contribution is 2.12. The Hall–Kier alpha value is -3.38. The summed E-state index contributed by atoms with van der Waals surface area (Å²) in [6, 6.07) is 18.6. The number of hydrogen-bond acceptors (Lipinski definition) is 4. The van der Waals surface area contributed by atoms with Crippen LogP contribution < -0.4 is 5.32 Å². The van der Waals surface area contributed by atoms with E-state index in [-0.39, 0.29) is 32.2 Å². The van der Waals surface area contributed by atoms with Crippen LogP contribution in [0.15, 0.2) is 86.0 Å². The molecule has 0 saturated heterocycles. The summed E-state index contributed by atoms with van der Waals surface area (Å²) < 4.78 is 5.42. The van der Waals surface area contributed by atoms with E-state index in [9.17, 15) is 14.7 Å². The molecule has 2 N–H and O–H groups in total. The number of aliphatic hydroxyl groups is 1. The Morgan fingerprint density at radius 3 is 2.19 bits per heavy atom. The van der Waals surface area contributed by atoms with E-state index in [1.165, 1.54) is 4.90 Å². The summed E-state index contributed by atoms with van der Waals surface area (Å²) in [7, 11) is 0. The standard InChI is InChI=1S/C26H32N2O4/c1-3-11-23(25(30)27-24(19-29)17-21-12-7-5-8-13-21)18-28(16-4-2)26(31)32-20-22-14-9-6-10-15-22/h3-10,12-15,23-24,29H,1-2,11,16-20H2,(H,27,30)/t23-,24-/m1/s1. The molecule has 0 aromatic heterocycles. The first kappa shape index (κ1) is 24.9. The van der Waals surface area contributed by atoms with Crippen LogP contribution >= 0.6 is 0 Å². The van der Waals surface area contributed by atoms with Gasteiger partial charge in [0, 0.05) is 13.1 Å². The lowest BCUT2D eigenvalue weighted by Gasteiger charge is -2.27. The summed E-state index contributed by atoms with van der Waals surface area (Å²) in [6.45, 7) is 7.81. The number of aliphatic hydroxyl groups excluding tert-OH is 1. The second kappa shape index (κ2) is 13.8. The lowest BCUT2D eigenvalue weighted by atomic mass is 10.0. The molecule has 0 bridgehead atoms. The summed E-state index contributed by atoms with van der Waals surface area (Å²) in [5, 5.41) is 12.7. The van der Waals surface area contributed by atoms with Crippen LogP contribution in [0.25, 0.3) is 0 Å². The van der Waals surface area contributed by atoms with Gasteiger partial charge in [-0.3, -0.25) is 4.79 Å². The van der Waals surface area contributed by atoms with Crippen LogP contribution in [0.5, 0.6) is 0 Å². The minimum absolute atomic E-state index is 0.148. The van der Waals surface area contributed by atoms with Gasteiger partial charge in [0.25, 0.3) is 0 Å². The number of carbonyl (C=O) groups excluding carboxylic acids is 2. The van der Waals surface area contributed by atoms with Gasteiger partial charge in [0.2, 0.25) is 5.91 Å². The summed E-state index contributed by atoms with van der Waals surface area (Å²) >= 11 is 0. The van der Waals surface area contributed by atoms with E-state index in [0.29, 0.717) is 12.8 Å². The summed E-state index contributed by atoms with van der Waals surface area (Å²) in [5.74, 6) is -0.772. The van der Waals surface area contributed by atoms with Gasteiger partial charge in [-0.1, -0.05) is 72.8 Å². The molecular formula is C26H32N2O4. The first-order valence-electron chi connectivity index (χ1n) is 10.7. The summed E-state index contributed by atoms with van der Waals surface area (Å²) in [4.78, 5) is 27.1. The SMILES string of the molecule is C=CC[C@H](CN(CC=C)C(=O)OCc1ccccc1)C(=O)N[C@@H](CO)Cc1ccccc1. The zero-order valence-electron chi connectivity index (χ0n) is 18.4. The highest BCUT2D eigenvalue weighted by molar-refractivity contribution is 5.80. The molecule has 0 radical (unpaired) electrons. The van der Waals surface area contributed by atoms with Crippen LogP contribution in [0, 0.1) is 5.92 Å². The number of hydrogen-bond donors (Lipinski definition) is 2. The molecule has 0 heterocycles. The first-order valence-corrected chi connectivity index (χ1v) is 10.7. The van der Waals surface area contributed by atoms with Crippen molar-refractivity contribution in [2.24, 2.45) is 5.92 Å². The highest BCUT2D eigenvalue weighted by atomic mass is 16.6. The minimum Gasteiger partial charge on any atom is -0.445 e. The number of carbonyl (C=O) groups is 2. The van der Waals surface area contributed by atoms with Crippen LogP contribution in [-0.2, 0) is 22.6 Å². The number of benzene rings is 2. The average molecular weight is 437 g/mol. The van der Waals surface area contributed by atoms with Gasteiger partial charge in [0.1, 0.15) is 6.61 Å². The molecule has 170 valence electrons. The largest absolute Gasteiger partial charge is 0.445 e. The van der Waals surface area contributed by atoms with Crippen molar-refractivity contribution >= 4 is 12.0 Å². The van der Waals surface area contributed by atoms with Crippen molar-refractivity contribution in [2.75, 3.05) is 19.7 Å². The smallest absolute Gasteiger partial charge is 0.410 e. The second-order valence-electron chi connectivity index (χ2n) is 7.53. The minimum atomic E-state index is -0.526. The summed E-state index contributed by atoms with van der Waals surface area (Å²) in [6.07, 6.45) is 3.63. The van der Waals surface area contributed by atoms with E-state index in [2.05, 4.69) is 18.5 Å². The molecule has 32 heavy (non-hydrogen) atoms. The highest BCUT2D eigenvalue weighted by Gasteiger charge is 2.25. The lowest BCUT2D eigenvalue weighted by Crippen LogP contribution is -2.46. The van der Waals surface area contributed by atoms with E-state index in [1.807, 2.05) is 60.7 Å². The normalized spacial score (nSPS) is 12.3. The third kappa shape index (κ3) is 8.40. The number of nitrogens with zero attached hydrogens (tertiary/aromatic N) is 1. The van der Waals surface area contributed by atoms with Crippen molar-refractivity contribution in [3.8, 4) is 0 Å². The Labute approximate surface area is 190 Å². The monoisotopic (exact) mass is 436 g/mol. The van der Waals surface area contributed by atoms with E-state index >= 15 is 0 Å². The van der Waals surface area contributed by atoms with Crippen LogP contribution in [0.3, 0.4) is 0 Å². The maximum Gasteiger partial charge on any atom is 0.410 e. The van der Waals surface area contributed by atoms with E-state index in [4.69, 9.17) is 4.74 Å². The maximum absolute atomic E-state index is 13.0. The van der Waals surface area contributed by atoms with Crippen molar-refractivity contribution < 1.29 is 19.4 Å². The van der Waals surface area contributed by atoms with E-state index in [0.717, 1.165) is 11.1 Å². The third-order valence-electron chi connectivity index (χ3n) is 4.97. The van der Waals surface area contributed by atoms with Gasteiger partial charge < -0.3 is 20.1 Å². The average Bonchev–Trinajstić information content (AvgIpc) is 2.82. The van der Waals surface area contributed by atoms with E-state index in [1.54, 1.807) is 12.2 Å². The van der Waals surface area contributed by atoms with Gasteiger partial charge in [-0.2, -0.15) is 0 Å². The Morgan fingerprint density at radius 2 is 1.62 bits per heavy atom. The number of ether oxygens (including phenoxy) is 1. The van der Waals surface area contributed by atoms with Crippen molar-refractivity contribution in [3.05, 3.63) is 97.1 Å². The van der Waals surface area contributed by atoms with Gasteiger partial charge in [-0.15, -0.1) is 13.2 Å². The Bertz CT molecular complexity index is 855. The maximum atomic E-state index is 13.0. The van der Waals surface area contributed by atoms with Gasteiger partial charge in [0.05, 0.1) is 18.6 Å².